The van der Waals surface area contributed by atoms with Gasteiger partial charge in [0.1, 0.15) is 33.8 Å². The molecule has 3 saturated carbocycles. The van der Waals surface area contributed by atoms with Crippen LogP contribution in [0, 0.1) is 0 Å². The molecule has 3 aliphatic carbocycles. The van der Waals surface area contributed by atoms with E-state index in [4.69, 9.17) is 5.73 Å². The second kappa shape index (κ2) is 20.2. The van der Waals surface area contributed by atoms with E-state index < -0.39 is 45.3 Å². The second-order valence-electron chi connectivity index (χ2n) is 13.5. The van der Waals surface area contributed by atoms with Gasteiger partial charge in [0.05, 0.1) is 6.61 Å². The first kappa shape index (κ1) is 46.5. The van der Waals surface area contributed by atoms with Crippen molar-refractivity contribution in [2.24, 2.45) is 0 Å². The maximum Gasteiger partial charge on any atom is 0.434 e. The molecule has 0 atom stereocenters. The average Bonchev–Trinajstić information content (AvgIpc) is 4.01. The van der Waals surface area contributed by atoms with E-state index in [0.717, 1.165) is 51.5 Å². The lowest BCUT2D eigenvalue weighted by molar-refractivity contribution is -0.145. The van der Waals surface area contributed by atoms with Crippen LogP contribution in [0.5, 0.6) is 0 Å². The number of esters is 1. The Morgan fingerprint density at radius 2 is 1.29 bits per heavy atom. The van der Waals surface area contributed by atoms with Crippen molar-refractivity contribution in [3.05, 3.63) is 114 Å². The van der Waals surface area contributed by atoms with Gasteiger partial charge in [-0.3, -0.25) is 28.0 Å². The van der Waals surface area contributed by atoms with Crippen molar-refractivity contribution in [2.45, 2.75) is 88.9 Å². The Kier molecular flexibility index (Phi) is 16.2. The summed E-state index contributed by atoms with van der Waals surface area (Å²) in [6, 6.07) is 11.2. The van der Waals surface area contributed by atoms with E-state index in [0.29, 0.717) is 30.3 Å². The Balaban J connectivity index is 0.000000177. The summed E-state index contributed by atoms with van der Waals surface area (Å²) in [5, 5.41) is 0. The number of nitrogen functional groups attached to an aromatic ring is 1. The van der Waals surface area contributed by atoms with Gasteiger partial charge in [-0.15, -0.1) is 0 Å². The fourth-order valence-corrected chi connectivity index (χ4v) is 5.98. The Hall–Kier alpha value is -4.17. The molecule has 5 aromatic heterocycles. The number of fused-ring (bicyclic) bond motifs is 2. The van der Waals surface area contributed by atoms with E-state index in [1.807, 2.05) is 12.1 Å². The van der Waals surface area contributed by atoms with E-state index in [1.54, 1.807) is 37.4 Å². The van der Waals surface area contributed by atoms with Crippen molar-refractivity contribution >= 4 is 73.1 Å². The van der Waals surface area contributed by atoms with Crippen molar-refractivity contribution in [2.75, 3.05) is 12.3 Å². The molecule has 0 amide bonds. The quantitative estimate of drug-likeness (QED) is 0.0997. The highest BCUT2D eigenvalue weighted by Crippen LogP contribution is 2.42. The molecule has 8 rings (SSSR count). The van der Waals surface area contributed by atoms with Gasteiger partial charge in [-0.25, -0.2) is 15.0 Å². The molecule has 11 nitrogen and oxygen atoms in total. The topological polar surface area (TPSA) is 151 Å². The lowest BCUT2D eigenvalue weighted by atomic mass is 10.2. The third kappa shape index (κ3) is 13.4. The fraction of sp³-hybridized carbons (Fsp3) is 0.395. The molecule has 0 radical (unpaired) electrons. The van der Waals surface area contributed by atoms with Crippen molar-refractivity contribution in [3.63, 3.8) is 0 Å². The third-order valence-electron chi connectivity index (χ3n) is 8.70. The zero-order valence-electron chi connectivity index (χ0n) is 30.9. The summed E-state index contributed by atoms with van der Waals surface area (Å²) in [6.45, 7) is 3.40. The van der Waals surface area contributed by atoms with Gasteiger partial charge in [0.2, 0.25) is 0 Å². The molecular weight excluding hydrogens is 974 g/mol. The van der Waals surface area contributed by atoms with Crippen LogP contribution in [-0.4, -0.2) is 42.1 Å². The lowest BCUT2D eigenvalue weighted by Crippen LogP contribution is -2.22. The molecule has 0 spiro atoms. The number of alkyl halides is 6. The van der Waals surface area contributed by atoms with Crippen LogP contribution in [0.15, 0.2) is 75.1 Å². The molecule has 0 unspecified atom stereocenters. The second-order valence-corrected chi connectivity index (χ2v) is 14.2. The molecule has 312 valence electrons. The molecule has 5 aromatic rings. The molecule has 3 fully saturated rings. The van der Waals surface area contributed by atoms with Gasteiger partial charge in [0.25, 0.3) is 11.1 Å². The van der Waals surface area contributed by atoms with Crippen molar-refractivity contribution in [1.29, 1.82) is 0 Å². The monoisotopic (exact) mass is 1010 g/mol. The molecular formula is C38H37Br3F6N6O5. The number of nitrogens with two attached hydrogens (primary N) is 1. The fourth-order valence-electron chi connectivity index (χ4n) is 5.48. The van der Waals surface area contributed by atoms with E-state index in [9.17, 15) is 45.5 Å². The molecule has 2 N–H and O–H groups in total. The summed E-state index contributed by atoms with van der Waals surface area (Å²) in [4.78, 5) is 55.1. The predicted molar refractivity (Wildman–Crippen MR) is 215 cm³/mol. The summed E-state index contributed by atoms with van der Waals surface area (Å²) in [6.07, 6.45) is 2.18. The number of aromatic nitrogens is 5. The SMILES string of the molecule is BrBr.CCOC(=O)CC(C)=O.Nc1cc(C2CC2)ccn1.O=c1c(Br)c(C(F)(F)F)nc2cc(C3CC3)ccn12.O=c1cc(C(F)(F)F)nc2cc(C3CC3)ccn12. The highest BCUT2D eigenvalue weighted by molar-refractivity contribution is 9.93. The van der Waals surface area contributed by atoms with Gasteiger partial charge in [0, 0.05) is 52.9 Å². The first-order valence-corrected chi connectivity index (χ1v) is 22.3. The van der Waals surface area contributed by atoms with Crippen LogP contribution in [0.4, 0.5) is 32.2 Å². The summed E-state index contributed by atoms with van der Waals surface area (Å²) >= 11 is 8.18. The standard InChI is InChI=1S/C12H8BrF3N2O.C12H9F3N2O.C8H10N2.C6H10O3.Br2/c13-9-10(12(14,15)16)17-8-5-7(6-1-2-6)3-4-18(8)11(9)19;13-12(14,15)9-6-11(18)17-4-3-8(7-1-2-7)5-10(17)16-9;9-8-5-7(3-4-10-8)6-1-2-6;1-3-9-6(8)4-5(2)7;1-2/h3-6H,1-2H2;3-7H,1-2H2;3-6H,1-2H2,(H2,9,10);3-4H2,1-2H3;. The van der Waals surface area contributed by atoms with Gasteiger partial charge in [0.15, 0.2) is 11.4 Å². The molecule has 0 aromatic carbocycles. The van der Waals surface area contributed by atoms with Gasteiger partial charge in [-0.05, 0) is 139 Å². The van der Waals surface area contributed by atoms with Crippen LogP contribution in [0.2, 0.25) is 0 Å². The number of anilines is 1. The summed E-state index contributed by atoms with van der Waals surface area (Å²) in [5.41, 5.74) is 5.06. The zero-order valence-corrected chi connectivity index (χ0v) is 35.7. The maximum absolute atomic E-state index is 12.8. The number of carbonyl (C=O) groups is 2. The Labute approximate surface area is 351 Å². The van der Waals surface area contributed by atoms with Gasteiger partial charge < -0.3 is 10.5 Å². The van der Waals surface area contributed by atoms with Gasteiger partial charge in [-0.2, -0.15) is 26.3 Å². The first-order valence-electron chi connectivity index (χ1n) is 17.8. The minimum Gasteiger partial charge on any atom is -0.466 e. The Morgan fingerprint density at radius 3 is 1.74 bits per heavy atom. The minimum atomic E-state index is -4.65. The van der Waals surface area contributed by atoms with E-state index >= 15 is 0 Å². The number of nitrogens with zero attached hydrogens (tertiary/aromatic N) is 5. The van der Waals surface area contributed by atoms with Crippen molar-refractivity contribution < 1.29 is 40.7 Å². The highest BCUT2D eigenvalue weighted by atomic mass is 80.9. The summed E-state index contributed by atoms with van der Waals surface area (Å²) < 4.78 is 82.2. The van der Waals surface area contributed by atoms with Crippen LogP contribution in [-0.2, 0) is 26.7 Å². The number of pyridine rings is 3. The van der Waals surface area contributed by atoms with Crippen LogP contribution in [0.3, 0.4) is 0 Å². The molecule has 3 aliphatic rings. The van der Waals surface area contributed by atoms with Crippen LogP contribution in [0.1, 0.15) is 105 Å². The van der Waals surface area contributed by atoms with Crippen LogP contribution < -0.4 is 16.9 Å². The van der Waals surface area contributed by atoms with E-state index in [2.05, 4.69) is 63.9 Å². The largest absolute Gasteiger partial charge is 0.466 e. The highest BCUT2D eigenvalue weighted by Gasteiger charge is 2.37. The molecule has 0 saturated heterocycles. The number of Topliss-reactive ketones (excluding diaryl/α,β-unsaturated/α-hetero) is 1. The van der Waals surface area contributed by atoms with Crippen molar-refractivity contribution in [1.82, 2.24) is 23.8 Å². The minimum absolute atomic E-state index is 0.0323. The number of hydrogen-bond acceptors (Lipinski definition) is 9. The number of ketones is 1. The molecule has 0 bridgehead atoms. The Bertz CT molecular complexity index is 2360. The molecule has 0 aliphatic heterocycles. The predicted octanol–water partition coefficient (Wildman–Crippen LogP) is 9.70. The lowest BCUT2D eigenvalue weighted by Gasteiger charge is -2.10. The summed E-state index contributed by atoms with van der Waals surface area (Å²) in [7, 11) is 0. The average molecular weight is 1010 g/mol. The number of halogens is 9. The molecule has 5 heterocycles. The Morgan fingerprint density at radius 1 is 0.793 bits per heavy atom. The number of hydrogen-bond donors (Lipinski definition) is 1. The number of rotatable bonds is 6. The normalized spacial score (nSPS) is 14.7. The van der Waals surface area contributed by atoms with Crippen molar-refractivity contribution in [3.8, 4) is 0 Å². The maximum atomic E-state index is 12.8. The zero-order chi connectivity index (χ0) is 42.9. The van der Waals surface area contributed by atoms with E-state index in [-0.39, 0.29) is 23.5 Å². The van der Waals surface area contributed by atoms with E-state index in [1.165, 1.54) is 37.7 Å². The van der Waals surface area contributed by atoms with Crippen LogP contribution in [0.25, 0.3) is 11.3 Å². The van der Waals surface area contributed by atoms with Gasteiger partial charge in [-0.1, -0.05) is 0 Å². The first-order chi connectivity index (χ1) is 27.3. The molecule has 20 heteroatoms. The smallest absolute Gasteiger partial charge is 0.434 e. The number of ether oxygens (including phenoxy) is 1. The van der Waals surface area contributed by atoms with Gasteiger partial charge >= 0.3 is 18.3 Å². The van der Waals surface area contributed by atoms with Crippen LogP contribution >= 0.6 is 44.2 Å². The third-order valence-corrected chi connectivity index (χ3v) is 9.41. The molecule has 58 heavy (non-hydrogen) atoms. The number of carbonyl (C=O) groups excluding carboxylic acids is 2. The summed E-state index contributed by atoms with van der Waals surface area (Å²) in [5.74, 6) is 1.62.